The Morgan fingerprint density at radius 2 is 2.11 bits per heavy atom. The van der Waals surface area contributed by atoms with Gasteiger partial charge in [-0.1, -0.05) is 0 Å². The van der Waals surface area contributed by atoms with Crippen molar-refractivity contribution in [3.63, 3.8) is 0 Å². The Morgan fingerprint density at radius 3 is 2.56 bits per heavy atom. The Balaban J connectivity index is 2.64. The highest BCUT2D eigenvalue weighted by molar-refractivity contribution is 5.86. The Labute approximate surface area is 109 Å². The van der Waals surface area contributed by atoms with E-state index in [1.807, 2.05) is 6.92 Å². The summed E-state index contributed by atoms with van der Waals surface area (Å²) in [5.74, 6) is -0.678. The van der Waals surface area contributed by atoms with Crippen LogP contribution < -0.4 is 5.32 Å². The van der Waals surface area contributed by atoms with E-state index in [2.05, 4.69) is 5.32 Å². The summed E-state index contributed by atoms with van der Waals surface area (Å²) in [6.45, 7) is 7.28. The molecule has 0 spiro atoms. The number of nitrogens with one attached hydrogen (secondary N) is 1. The molecule has 18 heavy (non-hydrogen) atoms. The third-order valence-electron chi connectivity index (χ3n) is 3.68. The predicted octanol–water partition coefficient (Wildman–Crippen LogP) is 1.09. The highest BCUT2D eigenvalue weighted by atomic mass is 16.4. The van der Waals surface area contributed by atoms with Gasteiger partial charge in [-0.2, -0.15) is 0 Å². The number of piperidine rings is 1. The van der Waals surface area contributed by atoms with Crippen LogP contribution in [0.5, 0.6) is 0 Å². The van der Waals surface area contributed by atoms with E-state index in [9.17, 15) is 14.7 Å². The van der Waals surface area contributed by atoms with E-state index in [4.69, 9.17) is 0 Å². The van der Waals surface area contributed by atoms with Crippen molar-refractivity contribution < 1.29 is 14.7 Å². The quantitative estimate of drug-likeness (QED) is 0.772. The number of likely N-dealkylation sites (N-methyl/N-ethyl adjacent to an activating group) is 1. The minimum Gasteiger partial charge on any atom is -0.480 e. The number of amides is 1. The summed E-state index contributed by atoms with van der Waals surface area (Å²) in [7, 11) is 0. The Hall–Kier alpha value is -1.10. The zero-order chi connectivity index (χ0) is 13.8. The molecule has 1 fully saturated rings. The predicted molar refractivity (Wildman–Crippen MR) is 69.3 cm³/mol. The van der Waals surface area contributed by atoms with Crippen molar-refractivity contribution >= 4 is 11.9 Å². The Morgan fingerprint density at radius 1 is 1.44 bits per heavy atom. The maximum atomic E-state index is 12.2. The number of rotatable bonds is 5. The largest absolute Gasteiger partial charge is 0.480 e. The molecular formula is C13H24N2O3. The lowest BCUT2D eigenvalue weighted by molar-refractivity contribution is -0.157. The Kier molecular flexibility index (Phi) is 5.14. The molecule has 1 saturated heterocycles. The molecule has 0 aromatic rings. The van der Waals surface area contributed by atoms with Gasteiger partial charge in [-0.3, -0.25) is 4.79 Å². The van der Waals surface area contributed by atoms with Crippen molar-refractivity contribution in [3.05, 3.63) is 0 Å². The third-order valence-corrected chi connectivity index (χ3v) is 3.68. The van der Waals surface area contributed by atoms with Gasteiger partial charge in [0.2, 0.25) is 5.91 Å². The molecular weight excluding hydrogens is 232 g/mol. The Bertz CT molecular complexity index is 309. The SMILES string of the molecule is CCN(C(=O)CC1CCCNC1)C(C)(C)C(=O)O. The molecule has 0 aromatic heterocycles. The first-order valence-electron chi connectivity index (χ1n) is 6.64. The van der Waals surface area contributed by atoms with Crippen LogP contribution in [-0.4, -0.2) is 47.1 Å². The molecule has 0 aromatic carbocycles. The van der Waals surface area contributed by atoms with E-state index >= 15 is 0 Å². The van der Waals surface area contributed by atoms with E-state index in [1.54, 1.807) is 13.8 Å². The van der Waals surface area contributed by atoms with Gasteiger partial charge in [0, 0.05) is 13.0 Å². The van der Waals surface area contributed by atoms with Crippen LogP contribution in [0.15, 0.2) is 0 Å². The molecule has 1 heterocycles. The van der Waals surface area contributed by atoms with Crippen molar-refractivity contribution in [3.8, 4) is 0 Å². The van der Waals surface area contributed by atoms with Gasteiger partial charge in [0.25, 0.3) is 0 Å². The number of hydrogen-bond acceptors (Lipinski definition) is 3. The molecule has 5 nitrogen and oxygen atoms in total. The van der Waals surface area contributed by atoms with Gasteiger partial charge in [0.15, 0.2) is 0 Å². The van der Waals surface area contributed by atoms with Crippen LogP contribution in [0.25, 0.3) is 0 Å². The molecule has 104 valence electrons. The zero-order valence-electron chi connectivity index (χ0n) is 11.5. The molecule has 0 bridgehead atoms. The maximum Gasteiger partial charge on any atom is 0.329 e. The number of aliphatic carboxylic acids is 1. The molecule has 1 amide bonds. The first-order valence-corrected chi connectivity index (χ1v) is 6.64. The average molecular weight is 256 g/mol. The number of carboxylic acids is 1. The summed E-state index contributed by atoms with van der Waals surface area (Å²) >= 11 is 0. The van der Waals surface area contributed by atoms with E-state index in [-0.39, 0.29) is 5.91 Å². The monoisotopic (exact) mass is 256 g/mol. The fourth-order valence-corrected chi connectivity index (χ4v) is 2.45. The lowest BCUT2D eigenvalue weighted by Crippen LogP contribution is -2.53. The molecule has 1 aliphatic heterocycles. The second-order valence-corrected chi connectivity index (χ2v) is 5.42. The molecule has 2 N–H and O–H groups in total. The second kappa shape index (κ2) is 6.18. The second-order valence-electron chi connectivity index (χ2n) is 5.42. The van der Waals surface area contributed by atoms with Gasteiger partial charge >= 0.3 is 5.97 Å². The first-order chi connectivity index (χ1) is 8.39. The first kappa shape index (κ1) is 15.0. The summed E-state index contributed by atoms with van der Waals surface area (Å²) in [5, 5.41) is 12.5. The van der Waals surface area contributed by atoms with Crippen LogP contribution in [0.2, 0.25) is 0 Å². The molecule has 1 atom stereocenters. The van der Waals surface area contributed by atoms with Crippen LogP contribution in [0, 0.1) is 5.92 Å². The van der Waals surface area contributed by atoms with Crippen molar-refractivity contribution in [2.75, 3.05) is 19.6 Å². The normalized spacial score (nSPS) is 20.5. The molecule has 1 unspecified atom stereocenters. The van der Waals surface area contributed by atoms with Gasteiger partial charge in [0.05, 0.1) is 0 Å². The van der Waals surface area contributed by atoms with Crippen molar-refractivity contribution in [2.45, 2.75) is 45.6 Å². The van der Waals surface area contributed by atoms with Crippen LogP contribution in [0.3, 0.4) is 0 Å². The number of nitrogens with zero attached hydrogens (tertiary/aromatic N) is 1. The smallest absolute Gasteiger partial charge is 0.329 e. The highest BCUT2D eigenvalue weighted by Crippen LogP contribution is 2.20. The lowest BCUT2D eigenvalue weighted by Gasteiger charge is -2.35. The third kappa shape index (κ3) is 3.45. The van der Waals surface area contributed by atoms with Crippen molar-refractivity contribution in [2.24, 2.45) is 5.92 Å². The minimum atomic E-state index is -1.13. The van der Waals surface area contributed by atoms with Gasteiger partial charge in [-0.15, -0.1) is 0 Å². The van der Waals surface area contributed by atoms with E-state index in [1.165, 1.54) is 4.90 Å². The van der Waals surface area contributed by atoms with Gasteiger partial charge in [-0.05, 0) is 52.6 Å². The summed E-state index contributed by atoms with van der Waals surface area (Å²) < 4.78 is 0. The molecule has 0 radical (unpaired) electrons. The van der Waals surface area contributed by atoms with Crippen LogP contribution in [0.1, 0.15) is 40.0 Å². The summed E-state index contributed by atoms with van der Waals surface area (Å²) in [6.07, 6.45) is 2.58. The number of carbonyl (C=O) groups is 2. The standard InChI is InChI=1S/C13H24N2O3/c1-4-15(13(2,3)12(17)18)11(16)8-10-6-5-7-14-9-10/h10,14H,4-9H2,1-3H3,(H,17,18). The minimum absolute atomic E-state index is 0.0569. The number of hydrogen-bond donors (Lipinski definition) is 2. The van der Waals surface area contributed by atoms with Crippen LogP contribution in [-0.2, 0) is 9.59 Å². The molecule has 1 aliphatic rings. The number of carboxylic acid groups (broad SMARTS) is 1. The van der Waals surface area contributed by atoms with Gasteiger partial charge in [-0.25, -0.2) is 4.79 Å². The average Bonchev–Trinajstić information content (AvgIpc) is 2.30. The zero-order valence-corrected chi connectivity index (χ0v) is 11.5. The molecule has 0 saturated carbocycles. The van der Waals surface area contributed by atoms with E-state index in [0.29, 0.717) is 18.9 Å². The fraction of sp³-hybridized carbons (Fsp3) is 0.846. The van der Waals surface area contributed by atoms with Crippen molar-refractivity contribution in [1.29, 1.82) is 0 Å². The van der Waals surface area contributed by atoms with Gasteiger partial charge < -0.3 is 15.3 Å². The highest BCUT2D eigenvalue weighted by Gasteiger charge is 2.37. The van der Waals surface area contributed by atoms with Crippen LogP contribution >= 0.6 is 0 Å². The van der Waals surface area contributed by atoms with Gasteiger partial charge in [0.1, 0.15) is 5.54 Å². The lowest BCUT2D eigenvalue weighted by atomic mass is 9.94. The number of carbonyl (C=O) groups excluding carboxylic acids is 1. The van der Waals surface area contributed by atoms with E-state index < -0.39 is 11.5 Å². The molecule has 5 heteroatoms. The summed E-state index contributed by atoms with van der Waals surface area (Å²) in [4.78, 5) is 24.9. The summed E-state index contributed by atoms with van der Waals surface area (Å²) in [6, 6.07) is 0. The summed E-state index contributed by atoms with van der Waals surface area (Å²) in [5.41, 5.74) is -1.13. The molecule has 1 rings (SSSR count). The topological polar surface area (TPSA) is 69.6 Å². The van der Waals surface area contributed by atoms with Crippen molar-refractivity contribution in [1.82, 2.24) is 10.2 Å². The fourth-order valence-electron chi connectivity index (χ4n) is 2.45. The molecule has 0 aliphatic carbocycles. The van der Waals surface area contributed by atoms with E-state index in [0.717, 1.165) is 25.9 Å². The maximum absolute atomic E-state index is 12.2. The van der Waals surface area contributed by atoms with Crippen LogP contribution in [0.4, 0.5) is 0 Å².